The van der Waals surface area contributed by atoms with Crippen LogP contribution in [0.5, 0.6) is 0 Å². The highest BCUT2D eigenvalue weighted by molar-refractivity contribution is 6.00. The molecule has 6 heteroatoms. The predicted octanol–water partition coefficient (Wildman–Crippen LogP) is 1.40. The van der Waals surface area contributed by atoms with Crippen molar-refractivity contribution in [3.63, 3.8) is 0 Å². The standard InChI is InChI=1S/C15H19NO5/c1-8-12(10(3)17)14(11-7-20-5-6-21-11)13(9(2)16-8)15(18)19-4/h7,14,16H,5-6H2,1-4H3. The summed E-state index contributed by atoms with van der Waals surface area (Å²) in [4.78, 5) is 24.2. The Kier molecular flexibility index (Phi) is 4.35. The van der Waals surface area contributed by atoms with E-state index in [2.05, 4.69) is 5.32 Å². The van der Waals surface area contributed by atoms with Crippen LogP contribution in [0.4, 0.5) is 0 Å². The van der Waals surface area contributed by atoms with Gasteiger partial charge in [0.05, 0.1) is 18.6 Å². The quantitative estimate of drug-likeness (QED) is 0.793. The van der Waals surface area contributed by atoms with E-state index in [0.717, 1.165) is 0 Å². The van der Waals surface area contributed by atoms with E-state index in [-0.39, 0.29) is 5.78 Å². The Labute approximate surface area is 123 Å². The van der Waals surface area contributed by atoms with Crippen molar-refractivity contribution in [1.29, 1.82) is 0 Å². The normalized spacial score (nSPS) is 21.9. The van der Waals surface area contributed by atoms with Crippen molar-refractivity contribution >= 4 is 11.8 Å². The van der Waals surface area contributed by atoms with Gasteiger partial charge >= 0.3 is 5.97 Å². The molecule has 0 spiro atoms. The van der Waals surface area contributed by atoms with Crippen LogP contribution in [0.3, 0.4) is 0 Å². The molecule has 2 aliphatic rings. The molecule has 2 aliphatic heterocycles. The van der Waals surface area contributed by atoms with Crippen LogP contribution in [-0.4, -0.2) is 32.1 Å². The Balaban J connectivity index is 2.57. The van der Waals surface area contributed by atoms with Gasteiger partial charge in [0.2, 0.25) is 0 Å². The van der Waals surface area contributed by atoms with Gasteiger partial charge in [-0.3, -0.25) is 4.79 Å². The third-order valence-electron chi connectivity index (χ3n) is 3.50. The Bertz CT molecular complexity index is 571. The number of Topliss-reactive ketones (excluding diaryl/α,β-unsaturated/α-hetero) is 1. The second kappa shape index (κ2) is 6.03. The average Bonchev–Trinajstić information content (AvgIpc) is 2.46. The fourth-order valence-corrected chi connectivity index (χ4v) is 2.66. The monoisotopic (exact) mass is 293 g/mol. The lowest BCUT2D eigenvalue weighted by atomic mass is 9.82. The molecule has 0 aliphatic carbocycles. The molecule has 1 unspecified atom stereocenters. The molecule has 0 fully saturated rings. The molecule has 1 atom stereocenters. The Morgan fingerprint density at radius 1 is 1.24 bits per heavy atom. The van der Waals surface area contributed by atoms with E-state index in [1.54, 1.807) is 13.8 Å². The summed E-state index contributed by atoms with van der Waals surface area (Å²) in [6.45, 7) is 5.86. The highest BCUT2D eigenvalue weighted by atomic mass is 16.6. The summed E-state index contributed by atoms with van der Waals surface area (Å²) in [7, 11) is 1.31. The van der Waals surface area contributed by atoms with Crippen molar-refractivity contribution in [1.82, 2.24) is 5.32 Å². The lowest BCUT2D eigenvalue weighted by Gasteiger charge is -2.32. The third kappa shape index (κ3) is 2.79. The first-order chi connectivity index (χ1) is 9.97. The van der Waals surface area contributed by atoms with Crippen molar-refractivity contribution in [3.05, 3.63) is 34.6 Å². The summed E-state index contributed by atoms with van der Waals surface area (Å²) in [5, 5.41) is 3.06. The van der Waals surface area contributed by atoms with E-state index in [0.29, 0.717) is 41.5 Å². The number of hydrogen-bond donors (Lipinski definition) is 1. The molecule has 0 aromatic carbocycles. The lowest BCUT2D eigenvalue weighted by Crippen LogP contribution is -2.34. The number of rotatable bonds is 3. The number of carbonyl (C=O) groups is 2. The Morgan fingerprint density at radius 2 is 1.90 bits per heavy atom. The minimum Gasteiger partial charge on any atom is -0.494 e. The Morgan fingerprint density at radius 3 is 2.43 bits per heavy atom. The maximum absolute atomic E-state index is 12.1. The first kappa shape index (κ1) is 15.2. The van der Waals surface area contributed by atoms with E-state index >= 15 is 0 Å². The molecule has 0 aromatic heterocycles. The van der Waals surface area contributed by atoms with Crippen LogP contribution in [0.1, 0.15) is 20.8 Å². The topological polar surface area (TPSA) is 73.9 Å². The fraction of sp³-hybridized carbons (Fsp3) is 0.467. The summed E-state index contributed by atoms with van der Waals surface area (Å²) in [5.41, 5.74) is 2.19. The predicted molar refractivity (Wildman–Crippen MR) is 74.7 cm³/mol. The minimum atomic E-state index is -0.600. The van der Waals surface area contributed by atoms with Gasteiger partial charge in [0.15, 0.2) is 5.78 Å². The van der Waals surface area contributed by atoms with E-state index in [1.165, 1.54) is 20.3 Å². The summed E-state index contributed by atoms with van der Waals surface area (Å²) in [6.07, 6.45) is 1.46. The molecule has 0 bridgehead atoms. The minimum absolute atomic E-state index is 0.131. The molecule has 2 heterocycles. The number of hydrogen-bond acceptors (Lipinski definition) is 6. The molecular weight excluding hydrogens is 274 g/mol. The SMILES string of the molecule is COC(=O)C1=C(C)NC(C)=C(C(C)=O)C1C1=COCCO1. The van der Waals surface area contributed by atoms with Crippen molar-refractivity contribution < 1.29 is 23.8 Å². The number of esters is 1. The van der Waals surface area contributed by atoms with Crippen LogP contribution < -0.4 is 5.32 Å². The van der Waals surface area contributed by atoms with E-state index in [4.69, 9.17) is 14.2 Å². The zero-order chi connectivity index (χ0) is 15.6. The molecular formula is C15H19NO5. The van der Waals surface area contributed by atoms with Gasteiger partial charge in [-0.05, 0) is 20.8 Å². The van der Waals surface area contributed by atoms with Gasteiger partial charge in [-0.2, -0.15) is 0 Å². The van der Waals surface area contributed by atoms with Gasteiger partial charge in [0.1, 0.15) is 25.2 Å². The molecule has 2 rings (SSSR count). The number of ether oxygens (including phenoxy) is 3. The van der Waals surface area contributed by atoms with E-state index < -0.39 is 11.9 Å². The third-order valence-corrected chi connectivity index (χ3v) is 3.50. The number of ketones is 1. The molecule has 0 radical (unpaired) electrons. The van der Waals surface area contributed by atoms with Gasteiger partial charge < -0.3 is 19.5 Å². The number of nitrogens with one attached hydrogen (secondary N) is 1. The molecule has 0 aromatic rings. The van der Waals surface area contributed by atoms with Gasteiger partial charge in [0, 0.05) is 17.0 Å². The fourth-order valence-electron chi connectivity index (χ4n) is 2.66. The lowest BCUT2D eigenvalue weighted by molar-refractivity contribution is -0.136. The summed E-state index contributed by atoms with van der Waals surface area (Å²) >= 11 is 0. The Hall–Kier alpha value is -2.24. The molecule has 6 nitrogen and oxygen atoms in total. The van der Waals surface area contributed by atoms with Gasteiger partial charge in [-0.15, -0.1) is 0 Å². The molecule has 114 valence electrons. The van der Waals surface area contributed by atoms with Gasteiger partial charge in [0.25, 0.3) is 0 Å². The summed E-state index contributed by atoms with van der Waals surface area (Å²) < 4.78 is 15.7. The highest BCUT2D eigenvalue weighted by Crippen LogP contribution is 2.37. The maximum Gasteiger partial charge on any atom is 0.336 e. The molecule has 0 saturated heterocycles. The van der Waals surface area contributed by atoms with Crippen molar-refractivity contribution in [3.8, 4) is 0 Å². The van der Waals surface area contributed by atoms with Crippen LogP contribution in [0.2, 0.25) is 0 Å². The van der Waals surface area contributed by atoms with Crippen LogP contribution in [-0.2, 0) is 23.8 Å². The highest BCUT2D eigenvalue weighted by Gasteiger charge is 2.38. The zero-order valence-corrected chi connectivity index (χ0v) is 12.6. The average molecular weight is 293 g/mol. The van der Waals surface area contributed by atoms with Crippen LogP contribution in [0.25, 0.3) is 0 Å². The second-order valence-electron chi connectivity index (χ2n) is 4.92. The van der Waals surface area contributed by atoms with E-state index in [1.807, 2.05) is 0 Å². The molecule has 0 saturated carbocycles. The molecule has 1 N–H and O–H groups in total. The van der Waals surface area contributed by atoms with E-state index in [9.17, 15) is 9.59 Å². The van der Waals surface area contributed by atoms with Crippen LogP contribution >= 0.6 is 0 Å². The summed E-state index contributed by atoms with van der Waals surface area (Å²) in [6, 6.07) is 0. The van der Waals surface area contributed by atoms with Crippen molar-refractivity contribution in [2.24, 2.45) is 5.92 Å². The number of methoxy groups -OCH3 is 1. The summed E-state index contributed by atoms with van der Waals surface area (Å²) in [5.74, 6) is -0.774. The maximum atomic E-state index is 12.1. The largest absolute Gasteiger partial charge is 0.494 e. The molecule has 0 amide bonds. The van der Waals surface area contributed by atoms with Gasteiger partial charge in [-0.1, -0.05) is 0 Å². The zero-order valence-electron chi connectivity index (χ0n) is 12.6. The number of allylic oxidation sites excluding steroid dienone is 3. The number of dihydropyridines is 1. The van der Waals surface area contributed by atoms with Gasteiger partial charge in [-0.25, -0.2) is 4.79 Å². The first-order valence-corrected chi connectivity index (χ1v) is 6.69. The molecule has 21 heavy (non-hydrogen) atoms. The van der Waals surface area contributed by atoms with Crippen LogP contribution in [0, 0.1) is 5.92 Å². The van der Waals surface area contributed by atoms with Crippen molar-refractivity contribution in [2.75, 3.05) is 20.3 Å². The second-order valence-corrected chi connectivity index (χ2v) is 4.92. The number of carbonyl (C=O) groups excluding carboxylic acids is 2. The first-order valence-electron chi connectivity index (χ1n) is 6.69. The van der Waals surface area contributed by atoms with Crippen molar-refractivity contribution in [2.45, 2.75) is 20.8 Å². The smallest absolute Gasteiger partial charge is 0.336 e. The van der Waals surface area contributed by atoms with Crippen LogP contribution in [0.15, 0.2) is 34.6 Å².